The summed E-state index contributed by atoms with van der Waals surface area (Å²) in [4.78, 5) is 28.8. The van der Waals surface area contributed by atoms with Crippen molar-refractivity contribution in [1.82, 2.24) is 10.2 Å². The van der Waals surface area contributed by atoms with Crippen LogP contribution in [0.2, 0.25) is 5.02 Å². The van der Waals surface area contributed by atoms with Crippen LogP contribution in [0.4, 0.5) is 0 Å². The van der Waals surface area contributed by atoms with Crippen LogP contribution in [0.5, 0.6) is 0 Å². The fourth-order valence-corrected chi connectivity index (χ4v) is 4.01. The van der Waals surface area contributed by atoms with Gasteiger partial charge in [-0.2, -0.15) is 0 Å². The summed E-state index contributed by atoms with van der Waals surface area (Å²) in [5.74, 6) is 0.172. The molecule has 0 saturated heterocycles. The van der Waals surface area contributed by atoms with Gasteiger partial charge in [0.2, 0.25) is 11.8 Å². The van der Waals surface area contributed by atoms with Crippen molar-refractivity contribution in [3.8, 4) is 0 Å². The molecular formula is C24H31ClN2O2S. The van der Waals surface area contributed by atoms with E-state index in [1.165, 1.54) is 11.8 Å². The van der Waals surface area contributed by atoms with Crippen molar-refractivity contribution < 1.29 is 9.59 Å². The van der Waals surface area contributed by atoms with Crippen LogP contribution in [0.15, 0.2) is 59.5 Å². The average molecular weight is 447 g/mol. The van der Waals surface area contributed by atoms with E-state index in [-0.39, 0.29) is 23.6 Å². The fraction of sp³-hybridized carbons (Fsp3) is 0.417. The molecule has 162 valence electrons. The average Bonchev–Trinajstić information content (AvgIpc) is 2.76. The summed E-state index contributed by atoms with van der Waals surface area (Å²) in [7, 11) is 0. The first kappa shape index (κ1) is 24.3. The van der Waals surface area contributed by atoms with Gasteiger partial charge in [0, 0.05) is 22.5 Å². The summed E-state index contributed by atoms with van der Waals surface area (Å²) in [5.41, 5.74) is 1.15. The highest BCUT2D eigenvalue weighted by atomic mass is 35.5. The highest BCUT2D eigenvalue weighted by molar-refractivity contribution is 8.00. The number of thioether (sulfide) groups is 1. The molecule has 0 radical (unpaired) electrons. The van der Waals surface area contributed by atoms with E-state index >= 15 is 0 Å². The molecule has 0 bridgehead atoms. The second-order valence-corrected chi connectivity index (χ2v) is 8.79. The zero-order valence-corrected chi connectivity index (χ0v) is 19.5. The van der Waals surface area contributed by atoms with Crippen LogP contribution in [0.25, 0.3) is 0 Å². The van der Waals surface area contributed by atoms with Crippen molar-refractivity contribution in [3.63, 3.8) is 0 Å². The van der Waals surface area contributed by atoms with E-state index in [2.05, 4.69) is 5.32 Å². The number of carbonyl (C=O) groups excluding carboxylic acids is 2. The van der Waals surface area contributed by atoms with E-state index in [0.717, 1.165) is 16.9 Å². The number of hydrogen-bond acceptors (Lipinski definition) is 3. The number of benzene rings is 2. The Hall–Kier alpha value is -1.98. The summed E-state index contributed by atoms with van der Waals surface area (Å²) in [6, 6.07) is 17.1. The number of carbonyl (C=O) groups is 2. The van der Waals surface area contributed by atoms with Crippen LogP contribution >= 0.6 is 23.4 Å². The van der Waals surface area contributed by atoms with E-state index in [0.29, 0.717) is 24.4 Å². The van der Waals surface area contributed by atoms with Gasteiger partial charge in [-0.25, -0.2) is 0 Å². The first-order chi connectivity index (χ1) is 14.4. The van der Waals surface area contributed by atoms with E-state index in [9.17, 15) is 9.59 Å². The van der Waals surface area contributed by atoms with Crippen LogP contribution in [-0.2, 0) is 16.0 Å². The lowest BCUT2D eigenvalue weighted by molar-refractivity contribution is -0.139. The first-order valence-corrected chi connectivity index (χ1v) is 11.8. The SMILES string of the molecule is CC[C@H](C)NC(=O)[C@H](CC)N(CCc1ccccc1)C(=O)CSc1ccc(Cl)cc1. The Bertz CT molecular complexity index is 799. The fourth-order valence-electron chi connectivity index (χ4n) is 3.10. The molecule has 4 nitrogen and oxygen atoms in total. The Morgan fingerprint density at radius 1 is 1.03 bits per heavy atom. The second kappa shape index (κ2) is 12.7. The molecule has 2 atom stereocenters. The Balaban J connectivity index is 2.11. The Morgan fingerprint density at radius 2 is 1.70 bits per heavy atom. The molecule has 2 aromatic carbocycles. The standard InChI is InChI=1S/C24H31ClN2O2S/c1-4-18(3)26-24(29)22(5-2)27(16-15-19-9-7-6-8-10-19)23(28)17-30-21-13-11-20(25)12-14-21/h6-14,18,22H,4-5,15-17H2,1-3H3,(H,26,29)/t18-,22-/m0/s1. The molecule has 30 heavy (non-hydrogen) atoms. The van der Waals surface area contributed by atoms with Gasteiger partial charge >= 0.3 is 0 Å². The molecule has 2 aromatic rings. The zero-order valence-electron chi connectivity index (χ0n) is 17.9. The monoisotopic (exact) mass is 446 g/mol. The molecule has 1 N–H and O–H groups in total. The second-order valence-electron chi connectivity index (χ2n) is 7.31. The molecule has 2 amide bonds. The summed E-state index contributed by atoms with van der Waals surface area (Å²) < 4.78 is 0. The van der Waals surface area contributed by atoms with Crippen molar-refractivity contribution in [2.45, 2.75) is 57.0 Å². The Kier molecular flexibility index (Phi) is 10.2. The number of amides is 2. The third-order valence-electron chi connectivity index (χ3n) is 5.05. The maximum absolute atomic E-state index is 13.2. The third-order valence-corrected chi connectivity index (χ3v) is 6.30. The van der Waals surface area contributed by atoms with Gasteiger partial charge in [-0.1, -0.05) is 55.8 Å². The number of nitrogens with zero attached hydrogens (tertiary/aromatic N) is 1. The van der Waals surface area contributed by atoms with Gasteiger partial charge in [0.25, 0.3) is 0 Å². The first-order valence-electron chi connectivity index (χ1n) is 10.5. The maximum atomic E-state index is 13.2. The van der Waals surface area contributed by atoms with Gasteiger partial charge < -0.3 is 10.2 Å². The lowest BCUT2D eigenvalue weighted by atomic mass is 10.1. The molecule has 0 fully saturated rings. The maximum Gasteiger partial charge on any atom is 0.243 e. The van der Waals surface area contributed by atoms with E-state index < -0.39 is 6.04 Å². The lowest BCUT2D eigenvalue weighted by Gasteiger charge is -2.31. The van der Waals surface area contributed by atoms with E-state index in [4.69, 9.17) is 11.6 Å². The van der Waals surface area contributed by atoms with Gasteiger partial charge in [-0.05, 0) is 56.0 Å². The molecule has 0 saturated carbocycles. The van der Waals surface area contributed by atoms with Crippen molar-refractivity contribution in [3.05, 3.63) is 65.2 Å². The van der Waals surface area contributed by atoms with Crippen molar-refractivity contribution >= 4 is 35.2 Å². The van der Waals surface area contributed by atoms with Crippen LogP contribution in [0, 0.1) is 0 Å². The largest absolute Gasteiger partial charge is 0.352 e. The molecule has 0 aliphatic carbocycles. The minimum atomic E-state index is -0.471. The van der Waals surface area contributed by atoms with Crippen molar-refractivity contribution in [2.24, 2.45) is 0 Å². The smallest absolute Gasteiger partial charge is 0.243 e. The minimum Gasteiger partial charge on any atom is -0.352 e. The number of halogens is 1. The predicted octanol–water partition coefficient (Wildman–Crippen LogP) is 5.20. The molecule has 6 heteroatoms. The summed E-state index contributed by atoms with van der Waals surface area (Å²) >= 11 is 7.41. The summed E-state index contributed by atoms with van der Waals surface area (Å²) in [6.07, 6.45) is 2.15. The van der Waals surface area contributed by atoms with Crippen LogP contribution < -0.4 is 5.32 Å². The number of hydrogen-bond donors (Lipinski definition) is 1. The number of nitrogens with one attached hydrogen (secondary N) is 1. The molecule has 0 heterocycles. The van der Waals surface area contributed by atoms with Gasteiger partial charge in [0.15, 0.2) is 0 Å². The molecule has 0 aliphatic heterocycles. The van der Waals surface area contributed by atoms with Crippen LogP contribution in [-0.4, -0.2) is 41.1 Å². The minimum absolute atomic E-state index is 0.0305. The van der Waals surface area contributed by atoms with E-state index in [1.54, 1.807) is 4.90 Å². The number of rotatable bonds is 11. The van der Waals surface area contributed by atoms with Crippen molar-refractivity contribution in [1.29, 1.82) is 0 Å². The van der Waals surface area contributed by atoms with Gasteiger partial charge in [0.05, 0.1) is 5.75 Å². The zero-order chi connectivity index (χ0) is 21.9. The Labute approximate surface area is 189 Å². The molecular weight excluding hydrogens is 416 g/mol. The van der Waals surface area contributed by atoms with Gasteiger partial charge in [0.1, 0.15) is 6.04 Å². The Morgan fingerprint density at radius 3 is 2.30 bits per heavy atom. The van der Waals surface area contributed by atoms with Crippen LogP contribution in [0.3, 0.4) is 0 Å². The molecule has 0 unspecified atom stereocenters. The summed E-state index contributed by atoms with van der Waals surface area (Å²) in [5, 5.41) is 3.71. The lowest BCUT2D eigenvalue weighted by Crippen LogP contribution is -2.52. The quantitative estimate of drug-likeness (QED) is 0.483. The van der Waals surface area contributed by atoms with Gasteiger partial charge in [-0.3, -0.25) is 9.59 Å². The third kappa shape index (κ3) is 7.69. The molecule has 2 rings (SSSR count). The normalized spacial score (nSPS) is 12.8. The van der Waals surface area contributed by atoms with Crippen LogP contribution in [0.1, 0.15) is 39.2 Å². The van der Waals surface area contributed by atoms with Gasteiger partial charge in [-0.15, -0.1) is 11.8 Å². The molecule has 0 aliphatic rings. The highest BCUT2D eigenvalue weighted by Gasteiger charge is 2.28. The van der Waals surface area contributed by atoms with E-state index in [1.807, 2.05) is 75.4 Å². The molecule has 0 spiro atoms. The molecule has 0 aromatic heterocycles. The highest BCUT2D eigenvalue weighted by Crippen LogP contribution is 2.21. The van der Waals surface area contributed by atoms with Crippen molar-refractivity contribution in [2.75, 3.05) is 12.3 Å². The topological polar surface area (TPSA) is 49.4 Å². The predicted molar refractivity (Wildman–Crippen MR) is 126 cm³/mol. The summed E-state index contributed by atoms with van der Waals surface area (Å²) in [6.45, 7) is 6.48.